The normalized spacial score (nSPS) is 10.6. The van der Waals surface area contributed by atoms with Crippen molar-refractivity contribution in [2.45, 2.75) is 0 Å². The van der Waals surface area contributed by atoms with Crippen LogP contribution in [0.5, 0.6) is 0 Å². The molecular weight excluding hydrogens is 423 g/mol. The lowest BCUT2D eigenvalue weighted by atomic mass is 10.3. The van der Waals surface area contributed by atoms with E-state index in [2.05, 4.69) is 57.2 Å². The lowest BCUT2D eigenvalue weighted by Crippen LogP contribution is -2.07. The van der Waals surface area contributed by atoms with Crippen molar-refractivity contribution in [3.05, 3.63) is 50.9 Å². The fourth-order valence-corrected chi connectivity index (χ4v) is 2.90. The van der Waals surface area contributed by atoms with Gasteiger partial charge in [-0.25, -0.2) is 4.68 Å². The van der Waals surface area contributed by atoms with Crippen molar-refractivity contribution in [2.75, 3.05) is 5.32 Å². The van der Waals surface area contributed by atoms with Gasteiger partial charge in [-0.05, 0) is 51.8 Å². The number of nitrogens with zero attached hydrogens (tertiary/aromatic N) is 5. The second kappa shape index (κ2) is 6.08. The highest BCUT2D eigenvalue weighted by Crippen LogP contribution is 2.28. The molecule has 0 spiro atoms. The van der Waals surface area contributed by atoms with Gasteiger partial charge in [0.2, 0.25) is 11.2 Å². The topological polar surface area (TPSA) is 68.5 Å². The van der Waals surface area contributed by atoms with Crippen molar-refractivity contribution in [3.8, 4) is 5.95 Å². The third-order valence-electron chi connectivity index (χ3n) is 2.48. The second-order valence-corrected chi connectivity index (χ2v) is 6.04. The Morgan fingerprint density at radius 1 is 1.14 bits per heavy atom. The molecule has 0 atom stereocenters. The van der Waals surface area contributed by atoms with Crippen molar-refractivity contribution in [1.82, 2.24) is 24.7 Å². The van der Waals surface area contributed by atoms with E-state index in [0.29, 0.717) is 11.9 Å². The van der Waals surface area contributed by atoms with E-state index in [-0.39, 0.29) is 5.28 Å². The summed E-state index contributed by atoms with van der Waals surface area (Å²) in [7, 11) is 0. The lowest BCUT2D eigenvalue weighted by Gasteiger charge is -2.08. The zero-order chi connectivity index (χ0) is 14.8. The SMILES string of the molecule is Clc1nc(Nc2ccc(Br)cc2Br)nc(-n2cccn2)n1. The first kappa shape index (κ1) is 14.4. The molecule has 6 nitrogen and oxygen atoms in total. The van der Waals surface area contributed by atoms with Gasteiger partial charge in [-0.1, -0.05) is 15.9 Å². The number of benzene rings is 1. The first-order valence-corrected chi connectivity index (χ1v) is 7.72. The third-order valence-corrected chi connectivity index (χ3v) is 3.80. The molecule has 3 rings (SSSR count). The number of halogens is 3. The van der Waals surface area contributed by atoms with Gasteiger partial charge in [0.15, 0.2) is 0 Å². The molecule has 1 N–H and O–H groups in total. The monoisotopic (exact) mass is 428 g/mol. The summed E-state index contributed by atoms with van der Waals surface area (Å²) < 4.78 is 3.34. The molecule has 0 fully saturated rings. The molecule has 106 valence electrons. The number of anilines is 2. The molecule has 0 aliphatic heterocycles. The minimum Gasteiger partial charge on any atom is -0.323 e. The summed E-state index contributed by atoms with van der Waals surface area (Å²) in [6, 6.07) is 7.49. The molecule has 0 radical (unpaired) electrons. The van der Waals surface area contributed by atoms with E-state index in [1.165, 1.54) is 4.68 Å². The van der Waals surface area contributed by atoms with Crippen LogP contribution >= 0.6 is 43.5 Å². The van der Waals surface area contributed by atoms with Gasteiger partial charge < -0.3 is 5.32 Å². The highest BCUT2D eigenvalue weighted by molar-refractivity contribution is 9.11. The molecular formula is C12H7Br2ClN6. The van der Waals surface area contributed by atoms with Gasteiger partial charge >= 0.3 is 0 Å². The maximum Gasteiger partial charge on any atom is 0.256 e. The van der Waals surface area contributed by atoms with Crippen LogP contribution in [-0.4, -0.2) is 24.7 Å². The minimum atomic E-state index is 0.0891. The minimum absolute atomic E-state index is 0.0891. The summed E-state index contributed by atoms with van der Waals surface area (Å²) in [6.45, 7) is 0. The van der Waals surface area contributed by atoms with E-state index in [9.17, 15) is 0 Å². The fraction of sp³-hybridized carbons (Fsp3) is 0. The van der Waals surface area contributed by atoms with Gasteiger partial charge in [0.05, 0.1) is 5.69 Å². The van der Waals surface area contributed by atoms with Crippen molar-refractivity contribution in [2.24, 2.45) is 0 Å². The molecule has 2 aromatic heterocycles. The summed E-state index contributed by atoms with van der Waals surface area (Å²) in [5.74, 6) is 0.680. The van der Waals surface area contributed by atoms with Crippen LogP contribution < -0.4 is 5.32 Å². The zero-order valence-corrected chi connectivity index (χ0v) is 14.3. The molecule has 0 aliphatic rings. The van der Waals surface area contributed by atoms with Crippen molar-refractivity contribution < 1.29 is 0 Å². The van der Waals surface area contributed by atoms with Crippen LogP contribution in [-0.2, 0) is 0 Å². The molecule has 1 aromatic carbocycles. The largest absolute Gasteiger partial charge is 0.323 e. The summed E-state index contributed by atoms with van der Waals surface area (Å²) in [5.41, 5.74) is 0.812. The molecule has 3 aromatic rings. The van der Waals surface area contributed by atoms with Crippen LogP contribution in [0.2, 0.25) is 5.28 Å². The average molecular weight is 430 g/mol. The van der Waals surface area contributed by atoms with E-state index in [1.54, 1.807) is 18.5 Å². The van der Waals surface area contributed by atoms with E-state index < -0.39 is 0 Å². The van der Waals surface area contributed by atoms with Gasteiger partial charge in [0, 0.05) is 21.3 Å². The molecule has 0 saturated heterocycles. The van der Waals surface area contributed by atoms with Crippen LogP contribution in [0.3, 0.4) is 0 Å². The third kappa shape index (κ3) is 3.39. The average Bonchev–Trinajstić information content (AvgIpc) is 2.95. The molecule has 0 saturated carbocycles. The molecule has 0 amide bonds. The van der Waals surface area contributed by atoms with Gasteiger partial charge in [-0.3, -0.25) is 0 Å². The van der Waals surface area contributed by atoms with Gasteiger partial charge in [0.1, 0.15) is 0 Å². The first-order chi connectivity index (χ1) is 10.1. The molecule has 9 heteroatoms. The molecule has 0 unspecified atom stereocenters. The Bertz CT molecular complexity index is 777. The molecule has 0 bridgehead atoms. The van der Waals surface area contributed by atoms with Crippen LogP contribution in [0.15, 0.2) is 45.6 Å². The Hall–Kier alpha value is -1.51. The van der Waals surface area contributed by atoms with Crippen LogP contribution in [0, 0.1) is 0 Å². The van der Waals surface area contributed by atoms with Gasteiger partial charge in [-0.15, -0.1) is 0 Å². The Morgan fingerprint density at radius 2 is 2.00 bits per heavy atom. The first-order valence-electron chi connectivity index (χ1n) is 5.75. The fourth-order valence-electron chi connectivity index (χ4n) is 1.60. The van der Waals surface area contributed by atoms with Gasteiger partial charge in [-0.2, -0.15) is 20.1 Å². The smallest absolute Gasteiger partial charge is 0.256 e. The second-order valence-electron chi connectivity index (χ2n) is 3.93. The van der Waals surface area contributed by atoms with Crippen molar-refractivity contribution >= 4 is 55.1 Å². The highest BCUT2D eigenvalue weighted by Gasteiger charge is 2.09. The Labute approximate surface area is 141 Å². The van der Waals surface area contributed by atoms with Gasteiger partial charge in [0.25, 0.3) is 5.95 Å². The zero-order valence-electron chi connectivity index (χ0n) is 10.3. The van der Waals surface area contributed by atoms with Crippen LogP contribution in [0.25, 0.3) is 5.95 Å². The molecule has 2 heterocycles. The predicted octanol–water partition coefficient (Wildman–Crippen LogP) is 3.98. The maximum atomic E-state index is 5.94. The summed E-state index contributed by atoms with van der Waals surface area (Å²) in [4.78, 5) is 12.4. The number of hydrogen-bond donors (Lipinski definition) is 1. The van der Waals surface area contributed by atoms with Crippen molar-refractivity contribution in [1.29, 1.82) is 0 Å². The Kier molecular flexibility index (Phi) is 4.18. The maximum absolute atomic E-state index is 5.94. The molecule has 21 heavy (non-hydrogen) atoms. The standard InChI is InChI=1S/C12H7Br2ClN6/c13-7-2-3-9(8(14)6-7)17-11-18-10(15)19-12(20-11)21-5-1-4-16-21/h1-6H,(H,17,18,19,20). The highest BCUT2D eigenvalue weighted by atomic mass is 79.9. The number of rotatable bonds is 3. The van der Waals surface area contributed by atoms with Crippen molar-refractivity contribution in [3.63, 3.8) is 0 Å². The summed E-state index contributed by atoms with van der Waals surface area (Å²) in [6.07, 6.45) is 3.36. The lowest BCUT2D eigenvalue weighted by molar-refractivity contribution is 0.798. The summed E-state index contributed by atoms with van der Waals surface area (Å²) in [5, 5.41) is 7.24. The number of hydrogen-bond acceptors (Lipinski definition) is 5. The van der Waals surface area contributed by atoms with E-state index in [4.69, 9.17) is 11.6 Å². The summed E-state index contributed by atoms with van der Waals surface area (Å²) >= 11 is 12.8. The predicted molar refractivity (Wildman–Crippen MR) is 87.1 cm³/mol. The van der Waals surface area contributed by atoms with E-state index >= 15 is 0 Å². The van der Waals surface area contributed by atoms with E-state index in [0.717, 1.165) is 14.6 Å². The number of nitrogens with one attached hydrogen (secondary N) is 1. The van der Waals surface area contributed by atoms with Crippen LogP contribution in [0.4, 0.5) is 11.6 Å². The van der Waals surface area contributed by atoms with Crippen LogP contribution in [0.1, 0.15) is 0 Å². The molecule has 0 aliphatic carbocycles. The Morgan fingerprint density at radius 3 is 2.71 bits per heavy atom. The quantitative estimate of drug-likeness (QED) is 0.681. The number of aromatic nitrogens is 5. The Balaban J connectivity index is 1.95. The van der Waals surface area contributed by atoms with E-state index in [1.807, 2.05) is 18.2 Å².